The lowest BCUT2D eigenvalue weighted by atomic mass is 10.2. The SMILES string of the molecule is CCOC(=O)[C@H]1C[C@H]1Oc1ccc(C(C)Cl)cc1. The van der Waals surface area contributed by atoms with E-state index < -0.39 is 0 Å². The molecule has 18 heavy (non-hydrogen) atoms. The molecule has 2 rings (SSSR count). The minimum Gasteiger partial charge on any atom is -0.490 e. The number of ether oxygens (including phenoxy) is 2. The smallest absolute Gasteiger partial charge is 0.312 e. The first-order valence-corrected chi connectivity index (χ1v) is 6.62. The van der Waals surface area contributed by atoms with Gasteiger partial charge >= 0.3 is 5.97 Å². The van der Waals surface area contributed by atoms with E-state index in [0.717, 1.165) is 17.7 Å². The van der Waals surface area contributed by atoms with E-state index in [1.807, 2.05) is 38.1 Å². The molecule has 0 amide bonds. The number of alkyl halides is 1. The highest BCUT2D eigenvalue weighted by Gasteiger charge is 2.46. The van der Waals surface area contributed by atoms with Gasteiger partial charge in [-0.2, -0.15) is 0 Å². The molecule has 3 atom stereocenters. The lowest BCUT2D eigenvalue weighted by molar-refractivity contribution is -0.145. The van der Waals surface area contributed by atoms with Gasteiger partial charge in [0.05, 0.1) is 17.9 Å². The Balaban J connectivity index is 1.86. The molecule has 0 spiro atoms. The molecule has 1 fully saturated rings. The van der Waals surface area contributed by atoms with Crippen molar-refractivity contribution in [2.45, 2.75) is 31.7 Å². The van der Waals surface area contributed by atoms with Crippen LogP contribution in [0, 0.1) is 5.92 Å². The number of hydrogen-bond donors (Lipinski definition) is 0. The molecule has 3 nitrogen and oxygen atoms in total. The summed E-state index contributed by atoms with van der Waals surface area (Å²) in [6, 6.07) is 7.65. The number of carbonyl (C=O) groups is 1. The standard InChI is InChI=1S/C14H17ClO3/c1-3-17-14(16)12-8-13(12)18-11-6-4-10(5-7-11)9(2)15/h4-7,9,12-13H,3,8H2,1-2H3/t9?,12-,13+/m0/s1. The van der Waals surface area contributed by atoms with Crippen molar-refractivity contribution in [3.05, 3.63) is 29.8 Å². The van der Waals surface area contributed by atoms with Gasteiger partial charge in [0.15, 0.2) is 0 Å². The first-order chi connectivity index (χ1) is 8.61. The third-order valence-corrected chi connectivity index (χ3v) is 3.20. The lowest BCUT2D eigenvalue weighted by Crippen LogP contribution is -2.12. The Kier molecular flexibility index (Phi) is 4.12. The Hall–Kier alpha value is -1.22. The fraction of sp³-hybridized carbons (Fsp3) is 0.500. The van der Waals surface area contributed by atoms with Gasteiger partial charge in [0.25, 0.3) is 0 Å². The van der Waals surface area contributed by atoms with Crippen molar-refractivity contribution in [2.75, 3.05) is 6.61 Å². The normalized spacial score (nSPS) is 23.3. The summed E-state index contributed by atoms with van der Waals surface area (Å²) in [6.07, 6.45) is 0.704. The molecule has 98 valence electrons. The lowest BCUT2D eigenvalue weighted by Gasteiger charge is -2.07. The van der Waals surface area contributed by atoms with Crippen molar-refractivity contribution in [1.82, 2.24) is 0 Å². The fourth-order valence-corrected chi connectivity index (χ4v) is 1.93. The molecule has 0 bridgehead atoms. The molecular weight excluding hydrogens is 252 g/mol. The maximum atomic E-state index is 11.4. The number of rotatable bonds is 5. The monoisotopic (exact) mass is 268 g/mol. The van der Waals surface area contributed by atoms with Crippen LogP contribution in [0.2, 0.25) is 0 Å². The van der Waals surface area contributed by atoms with Crippen LogP contribution in [-0.4, -0.2) is 18.7 Å². The van der Waals surface area contributed by atoms with Gasteiger partial charge in [0.2, 0.25) is 0 Å². The van der Waals surface area contributed by atoms with Crippen molar-refractivity contribution in [2.24, 2.45) is 5.92 Å². The third-order valence-electron chi connectivity index (χ3n) is 2.95. The van der Waals surface area contributed by atoms with Crippen LogP contribution in [0.4, 0.5) is 0 Å². The summed E-state index contributed by atoms with van der Waals surface area (Å²) in [4.78, 5) is 11.4. The molecule has 1 aromatic carbocycles. The van der Waals surface area contributed by atoms with E-state index in [9.17, 15) is 4.79 Å². The van der Waals surface area contributed by atoms with E-state index in [1.165, 1.54) is 0 Å². The maximum Gasteiger partial charge on any atom is 0.312 e. The van der Waals surface area contributed by atoms with Crippen molar-refractivity contribution in [3.8, 4) is 5.75 Å². The van der Waals surface area contributed by atoms with Crippen LogP contribution in [0.15, 0.2) is 24.3 Å². The van der Waals surface area contributed by atoms with E-state index in [-0.39, 0.29) is 23.4 Å². The molecule has 0 heterocycles. The van der Waals surface area contributed by atoms with Crippen LogP contribution in [-0.2, 0) is 9.53 Å². The predicted molar refractivity (Wildman–Crippen MR) is 69.9 cm³/mol. The van der Waals surface area contributed by atoms with Gasteiger partial charge in [-0.3, -0.25) is 4.79 Å². The van der Waals surface area contributed by atoms with Gasteiger partial charge in [0, 0.05) is 6.42 Å². The second-order valence-corrected chi connectivity index (χ2v) is 5.09. The van der Waals surface area contributed by atoms with Crippen LogP contribution in [0.3, 0.4) is 0 Å². The van der Waals surface area contributed by atoms with E-state index in [2.05, 4.69) is 0 Å². The van der Waals surface area contributed by atoms with Crippen LogP contribution in [0.1, 0.15) is 31.2 Å². The Labute approximate surface area is 112 Å². The number of carbonyl (C=O) groups excluding carboxylic acids is 1. The van der Waals surface area contributed by atoms with E-state index in [4.69, 9.17) is 21.1 Å². The van der Waals surface area contributed by atoms with Gasteiger partial charge in [-0.15, -0.1) is 11.6 Å². The summed E-state index contributed by atoms with van der Waals surface area (Å²) in [7, 11) is 0. The molecule has 1 aliphatic carbocycles. The van der Waals surface area contributed by atoms with Crippen LogP contribution in [0.25, 0.3) is 0 Å². The Bertz CT molecular complexity index is 414. The highest BCUT2D eigenvalue weighted by molar-refractivity contribution is 6.20. The van der Waals surface area contributed by atoms with Crippen LogP contribution >= 0.6 is 11.6 Å². The van der Waals surface area contributed by atoms with E-state index in [1.54, 1.807) is 0 Å². The van der Waals surface area contributed by atoms with Crippen LogP contribution < -0.4 is 4.74 Å². The molecule has 1 unspecified atom stereocenters. The average Bonchev–Trinajstić information content (AvgIpc) is 3.09. The largest absolute Gasteiger partial charge is 0.490 e. The molecule has 0 aliphatic heterocycles. The topological polar surface area (TPSA) is 35.5 Å². The number of halogens is 1. The second-order valence-electron chi connectivity index (χ2n) is 4.44. The summed E-state index contributed by atoms with van der Waals surface area (Å²) in [6.45, 7) is 4.15. The minimum absolute atomic E-state index is 0.00717. The minimum atomic E-state index is -0.159. The molecule has 1 aliphatic rings. The Morgan fingerprint density at radius 1 is 1.44 bits per heavy atom. The van der Waals surface area contributed by atoms with Crippen LogP contribution in [0.5, 0.6) is 5.75 Å². The molecule has 4 heteroatoms. The van der Waals surface area contributed by atoms with Gasteiger partial charge in [-0.05, 0) is 31.5 Å². The van der Waals surface area contributed by atoms with Crippen molar-refractivity contribution in [1.29, 1.82) is 0 Å². The summed E-state index contributed by atoms with van der Waals surface area (Å²) < 4.78 is 10.6. The van der Waals surface area contributed by atoms with E-state index in [0.29, 0.717) is 6.61 Å². The summed E-state index contributed by atoms with van der Waals surface area (Å²) in [5, 5.41) is -0.00717. The number of esters is 1. The first kappa shape index (κ1) is 13.2. The van der Waals surface area contributed by atoms with Gasteiger partial charge in [0.1, 0.15) is 11.9 Å². The van der Waals surface area contributed by atoms with Gasteiger partial charge < -0.3 is 9.47 Å². The summed E-state index contributed by atoms with van der Waals surface area (Å²) in [5.74, 6) is 0.512. The molecule has 1 saturated carbocycles. The summed E-state index contributed by atoms with van der Waals surface area (Å²) >= 11 is 5.97. The fourth-order valence-electron chi connectivity index (χ4n) is 1.79. The predicted octanol–water partition coefficient (Wildman–Crippen LogP) is 3.32. The molecule has 0 N–H and O–H groups in total. The zero-order chi connectivity index (χ0) is 13.1. The molecule has 0 aromatic heterocycles. The van der Waals surface area contributed by atoms with Gasteiger partial charge in [-0.25, -0.2) is 0 Å². The molecule has 0 saturated heterocycles. The zero-order valence-electron chi connectivity index (χ0n) is 10.6. The maximum absolute atomic E-state index is 11.4. The van der Waals surface area contributed by atoms with Crippen molar-refractivity contribution >= 4 is 17.6 Å². The highest BCUT2D eigenvalue weighted by atomic mass is 35.5. The third kappa shape index (κ3) is 3.16. The Morgan fingerprint density at radius 2 is 2.11 bits per heavy atom. The second kappa shape index (κ2) is 5.61. The first-order valence-electron chi connectivity index (χ1n) is 6.19. The van der Waals surface area contributed by atoms with Crippen molar-refractivity contribution in [3.63, 3.8) is 0 Å². The molecular formula is C14H17ClO3. The van der Waals surface area contributed by atoms with E-state index >= 15 is 0 Å². The molecule has 0 radical (unpaired) electrons. The quantitative estimate of drug-likeness (QED) is 0.607. The zero-order valence-corrected chi connectivity index (χ0v) is 11.3. The summed E-state index contributed by atoms with van der Waals surface area (Å²) in [5.41, 5.74) is 1.06. The Morgan fingerprint density at radius 3 is 2.67 bits per heavy atom. The average molecular weight is 269 g/mol. The van der Waals surface area contributed by atoms with Crippen molar-refractivity contribution < 1.29 is 14.3 Å². The van der Waals surface area contributed by atoms with Gasteiger partial charge in [-0.1, -0.05) is 12.1 Å². The molecule has 1 aromatic rings. The highest BCUT2D eigenvalue weighted by Crippen LogP contribution is 2.36. The number of hydrogen-bond acceptors (Lipinski definition) is 3. The number of benzene rings is 1.